The van der Waals surface area contributed by atoms with E-state index in [0.717, 1.165) is 30.4 Å². The normalized spacial score (nSPS) is 10.3. The molecule has 0 saturated heterocycles. The van der Waals surface area contributed by atoms with Crippen LogP contribution in [0, 0.1) is 12.3 Å². The zero-order valence-corrected chi connectivity index (χ0v) is 11.9. The first-order valence-electron chi connectivity index (χ1n) is 6.48. The van der Waals surface area contributed by atoms with Crippen LogP contribution in [0.25, 0.3) is 0 Å². The number of hydrogen-bond acceptors (Lipinski definition) is 3. The maximum absolute atomic E-state index is 12.2. The third-order valence-corrected chi connectivity index (χ3v) is 2.86. The van der Waals surface area contributed by atoms with Crippen LogP contribution >= 0.6 is 0 Å². The van der Waals surface area contributed by atoms with Crippen molar-refractivity contribution in [1.82, 2.24) is 0 Å². The van der Waals surface area contributed by atoms with Crippen molar-refractivity contribution in [2.75, 3.05) is 20.4 Å². The molecule has 1 rings (SSSR count). The van der Waals surface area contributed by atoms with E-state index in [1.807, 2.05) is 26.0 Å². The smallest absolute Gasteiger partial charge is 0.164 e. The number of benzene rings is 1. The van der Waals surface area contributed by atoms with Crippen LogP contribution in [0.2, 0.25) is 0 Å². The molecular weight excluding hydrogens is 245 g/mol. The molecule has 0 bridgehead atoms. The van der Waals surface area contributed by atoms with Crippen LogP contribution in [-0.2, 0) is 6.42 Å². The predicted molar refractivity (Wildman–Crippen MR) is 75.5 cm³/mol. The number of nitrogens with one attached hydrogen (secondary N) is 1. The van der Waals surface area contributed by atoms with Crippen molar-refractivity contribution in [1.29, 1.82) is 5.41 Å². The molecule has 19 heavy (non-hydrogen) atoms. The van der Waals surface area contributed by atoms with Gasteiger partial charge in [0.25, 0.3) is 0 Å². The van der Waals surface area contributed by atoms with Crippen LogP contribution in [0.5, 0.6) is 11.5 Å². The Kier molecular flexibility index (Phi) is 6.33. The topological polar surface area (TPSA) is 42.3 Å². The van der Waals surface area contributed by atoms with E-state index in [0.29, 0.717) is 17.2 Å². The monoisotopic (exact) mass is 267 g/mol. The SMILES string of the molecule is COc1cc(CCCC(C)=N)cc(C)c1OCCF. The minimum atomic E-state index is -0.511. The van der Waals surface area contributed by atoms with Crippen molar-refractivity contribution in [3.63, 3.8) is 0 Å². The van der Waals surface area contributed by atoms with Gasteiger partial charge < -0.3 is 14.9 Å². The second kappa shape index (κ2) is 7.77. The van der Waals surface area contributed by atoms with E-state index in [1.165, 1.54) is 0 Å². The largest absolute Gasteiger partial charge is 0.493 e. The Morgan fingerprint density at radius 1 is 1.37 bits per heavy atom. The molecule has 106 valence electrons. The third kappa shape index (κ3) is 4.89. The summed E-state index contributed by atoms with van der Waals surface area (Å²) >= 11 is 0. The number of methoxy groups -OCH3 is 1. The summed E-state index contributed by atoms with van der Waals surface area (Å²) in [7, 11) is 1.59. The zero-order chi connectivity index (χ0) is 14.3. The second-order valence-electron chi connectivity index (χ2n) is 4.62. The van der Waals surface area contributed by atoms with E-state index in [9.17, 15) is 4.39 Å². The summed E-state index contributed by atoms with van der Waals surface area (Å²) in [6.45, 7) is 3.29. The highest BCUT2D eigenvalue weighted by Gasteiger charge is 2.10. The van der Waals surface area contributed by atoms with Gasteiger partial charge in [0.2, 0.25) is 0 Å². The van der Waals surface area contributed by atoms with Gasteiger partial charge in [0.1, 0.15) is 13.3 Å². The van der Waals surface area contributed by atoms with Crippen LogP contribution in [0.1, 0.15) is 30.9 Å². The molecule has 1 aromatic carbocycles. The quantitative estimate of drug-likeness (QED) is 0.729. The standard InChI is InChI=1S/C15H22FNO2/c1-11-9-13(6-4-5-12(2)17)10-14(18-3)15(11)19-8-7-16/h9-10,17H,4-8H2,1-3H3. The zero-order valence-electron chi connectivity index (χ0n) is 11.9. The number of aryl methyl sites for hydroxylation is 2. The predicted octanol–water partition coefficient (Wildman–Crippen LogP) is 3.71. The Balaban J connectivity index is 2.80. The van der Waals surface area contributed by atoms with Crippen molar-refractivity contribution in [2.24, 2.45) is 0 Å². The molecule has 0 unspecified atom stereocenters. The van der Waals surface area contributed by atoms with E-state index in [1.54, 1.807) is 7.11 Å². The fraction of sp³-hybridized carbons (Fsp3) is 0.533. The molecule has 3 nitrogen and oxygen atoms in total. The molecule has 0 aliphatic heterocycles. The number of hydrogen-bond donors (Lipinski definition) is 1. The van der Waals surface area contributed by atoms with E-state index in [-0.39, 0.29) is 6.61 Å². The van der Waals surface area contributed by atoms with Crippen LogP contribution < -0.4 is 9.47 Å². The van der Waals surface area contributed by atoms with Crippen molar-refractivity contribution in [2.45, 2.75) is 33.1 Å². The molecule has 0 amide bonds. The van der Waals surface area contributed by atoms with Gasteiger partial charge in [-0.15, -0.1) is 0 Å². The first kappa shape index (κ1) is 15.5. The van der Waals surface area contributed by atoms with Gasteiger partial charge >= 0.3 is 0 Å². The van der Waals surface area contributed by atoms with Crippen LogP contribution in [0.4, 0.5) is 4.39 Å². The molecule has 1 N–H and O–H groups in total. The Labute approximate surface area is 114 Å². The highest BCUT2D eigenvalue weighted by molar-refractivity contribution is 5.78. The van der Waals surface area contributed by atoms with Gasteiger partial charge in [0.15, 0.2) is 11.5 Å². The molecule has 0 aliphatic carbocycles. The van der Waals surface area contributed by atoms with Gasteiger partial charge in [-0.3, -0.25) is 0 Å². The maximum Gasteiger partial charge on any atom is 0.164 e. The Bertz CT molecular complexity index is 432. The summed E-state index contributed by atoms with van der Waals surface area (Å²) in [6.07, 6.45) is 2.65. The summed E-state index contributed by atoms with van der Waals surface area (Å²) in [6, 6.07) is 3.97. The van der Waals surface area contributed by atoms with E-state index < -0.39 is 6.67 Å². The highest BCUT2D eigenvalue weighted by Crippen LogP contribution is 2.32. The summed E-state index contributed by atoms with van der Waals surface area (Å²) in [4.78, 5) is 0. The van der Waals surface area contributed by atoms with E-state index >= 15 is 0 Å². The molecule has 0 fully saturated rings. The first-order valence-corrected chi connectivity index (χ1v) is 6.48. The van der Waals surface area contributed by atoms with E-state index in [2.05, 4.69) is 0 Å². The fourth-order valence-corrected chi connectivity index (χ4v) is 1.99. The summed E-state index contributed by atoms with van der Waals surface area (Å²) in [5.74, 6) is 1.27. The average molecular weight is 267 g/mol. The third-order valence-electron chi connectivity index (χ3n) is 2.86. The molecule has 0 heterocycles. The molecular formula is C15H22FNO2. The average Bonchev–Trinajstić information content (AvgIpc) is 2.36. The number of alkyl halides is 1. The van der Waals surface area contributed by atoms with Gasteiger partial charge in [-0.05, 0) is 50.3 Å². The van der Waals surface area contributed by atoms with Gasteiger partial charge in [0, 0.05) is 5.71 Å². The van der Waals surface area contributed by atoms with Crippen molar-refractivity contribution < 1.29 is 13.9 Å². The lowest BCUT2D eigenvalue weighted by Gasteiger charge is -2.14. The molecule has 0 atom stereocenters. The Morgan fingerprint density at radius 2 is 2.11 bits per heavy atom. The summed E-state index contributed by atoms with van der Waals surface area (Å²) < 4.78 is 22.9. The van der Waals surface area contributed by atoms with Crippen LogP contribution in [0.15, 0.2) is 12.1 Å². The fourth-order valence-electron chi connectivity index (χ4n) is 1.99. The number of ether oxygens (including phenoxy) is 2. The van der Waals surface area contributed by atoms with Gasteiger partial charge in [-0.1, -0.05) is 6.07 Å². The minimum Gasteiger partial charge on any atom is -0.493 e. The Hall–Kier alpha value is -1.58. The molecule has 4 heteroatoms. The van der Waals surface area contributed by atoms with Crippen molar-refractivity contribution in [3.05, 3.63) is 23.3 Å². The number of halogens is 1. The van der Waals surface area contributed by atoms with Gasteiger partial charge in [-0.2, -0.15) is 0 Å². The van der Waals surface area contributed by atoms with Gasteiger partial charge in [-0.25, -0.2) is 4.39 Å². The summed E-state index contributed by atoms with van der Waals surface area (Å²) in [5.41, 5.74) is 2.81. The molecule has 0 aromatic heterocycles. The highest BCUT2D eigenvalue weighted by atomic mass is 19.1. The summed E-state index contributed by atoms with van der Waals surface area (Å²) in [5, 5.41) is 7.41. The van der Waals surface area contributed by atoms with Crippen LogP contribution in [-0.4, -0.2) is 26.1 Å². The lowest BCUT2D eigenvalue weighted by atomic mass is 10.0. The van der Waals surface area contributed by atoms with Crippen molar-refractivity contribution >= 4 is 5.71 Å². The molecule has 0 spiro atoms. The van der Waals surface area contributed by atoms with E-state index in [4.69, 9.17) is 14.9 Å². The molecule has 0 saturated carbocycles. The lowest BCUT2D eigenvalue weighted by Crippen LogP contribution is -2.03. The first-order chi connectivity index (χ1) is 9.08. The van der Waals surface area contributed by atoms with Crippen molar-refractivity contribution in [3.8, 4) is 11.5 Å². The minimum absolute atomic E-state index is 0.0452. The molecule has 0 aliphatic rings. The van der Waals surface area contributed by atoms with Gasteiger partial charge in [0.05, 0.1) is 7.11 Å². The Morgan fingerprint density at radius 3 is 2.68 bits per heavy atom. The lowest BCUT2D eigenvalue weighted by molar-refractivity contribution is 0.258. The molecule has 0 radical (unpaired) electrons. The number of rotatable bonds is 8. The molecule has 1 aromatic rings. The second-order valence-corrected chi connectivity index (χ2v) is 4.62. The maximum atomic E-state index is 12.2. The van der Waals surface area contributed by atoms with Crippen LogP contribution in [0.3, 0.4) is 0 Å².